The van der Waals surface area contributed by atoms with Crippen LogP contribution in [0.3, 0.4) is 0 Å². The van der Waals surface area contributed by atoms with E-state index >= 15 is 0 Å². The third kappa shape index (κ3) is 2.16. The van der Waals surface area contributed by atoms with Gasteiger partial charge in [0.05, 0.1) is 5.56 Å². The summed E-state index contributed by atoms with van der Waals surface area (Å²) in [4.78, 5) is 13.4. The van der Waals surface area contributed by atoms with E-state index in [1.54, 1.807) is 11.8 Å². The molecule has 0 saturated heterocycles. The Hall–Kier alpha value is -0.960. The second-order valence-electron chi connectivity index (χ2n) is 5.46. The molecule has 2 aliphatic rings. The maximum absolute atomic E-state index is 12.3. The lowest BCUT2D eigenvalue weighted by atomic mass is 9.95. The predicted molar refractivity (Wildman–Crippen MR) is 74.9 cm³/mol. The topological polar surface area (TPSA) is 29.1 Å². The molecule has 2 aliphatic carbocycles. The highest BCUT2D eigenvalue weighted by atomic mass is 32.2. The Balaban J connectivity index is 1.71. The fraction of sp³-hybridized carbons (Fsp3) is 0.533. The Morgan fingerprint density at radius 2 is 2.11 bits per heavy atom. The Morgan fingerprint density at radius 3 is 2.78 bits per heavy atom. The number of carbonyl (C=O) groups is 1. The van der Waals surface area contributed by atoms with Crippen LogP contribution in [0.1, 0.15) is 36.0 Å². The Bertz CT molecular complexity index is 460. The molecule has 2 saturated carbocycles. The fourth-order valence-corrected chi connectivity index (χ4v) is 4.10. The second kappa shape index (κ2) is 4.96. The second-order valence-corrected chi connectivity index (χ2v) is 6.30. The lowest BCUT2D eigenvalue weighted by molar-refractivity contribution is 0.0920. The Morgan fingerprint density at radius 1 is 1.28 bits per heavy atom. The van der Waals surface area contributed by atoms with Crippen molar-refractivity contribution in [1.82, 2.24) is 5.32 Å². The maximum Gasteiger partial charge on any atom is 0.252 e. The highest BCUT2D eigenvalue weighted by Gasteiger charge is 2.40. The van der Waals surface area contributed by atoms with Crippen LogP contribution in [0.25, 0.3) is 0 Å². The van der Waals surface area contributed by atoms with Gasteiger partial charge < -0.3 is 5.32 Å². The number of hydrogen-bond donors (Lipinski definition) is 1. The molecule has 96 valence electrons. The summed E-state index contributed by atoms with van der Waals surface area (Å²) in [5.74, 6) is 1.72. The Labute approximate surface area is 113 Å². The highest BCUT2D eigenvalue weighted by molar-refractivity contribution is 7.98. The summed E-state index contributed by atoms with van der Waals surface area (Å²) in [6.45, 7) is 0. The van der Waals surface area contributed by atoms with Gasteiger partial charge in [0.2, 0.25) is 0 Å². The van der Waals surface area contributed by atoms with E-state index in [2.05, 4.69) is 5.32 Å². The molecule has 1 aromatic rings. The van der Waals surface area contributed by atoms with E-state index in [9.17, 15) is 4.79 Å². The molecule has 0 aliphatic heterocycles. The van der Waals surface area contributed by atoms with Crippen molar-refractivity contribution < 1.29 is 4.79 Å². The van der Waals surface area contributed by atoms with Gasteiger partial charge in [-0.3, -0.25) is 4.79 Å². The van der Waals surface area contributed by atoms with E-state index in [0.29, 0.717) is 6.04 Å². The summed E-state index contributed by atoms with van der Waals surface area (Å²) in [6.07, 6.45) is 7.22. The molecule has 1 N–H and O–H groups in total. The van der Waals surface area contributed by atoms with Crippen LogP contribution in [0.15, 0.2) is 29.2 Å². The minimum absolute atomic E-state index is 0.109. The van der Waals surface area contributed by atoms with Gasteiger partial charge in [-0.1, -0.05) is 18.6 Å². The first-order chi connectivity index (χ1) is 8.78. The number of fused-ring (bicyclic) bond motifs is 2. The minimum atomic E-state index is 0.109. The summed E-state index contributed by atoms with van der Waals surface area (Å²) >= 11 is 1.64. The van der Waals surface area contributed by atoms with Crippen LogP contribution in [0.2, 0.25) is 0 Å². The molecule has 3 heteroatoms. The van der Waals surface area contributed by atoms with Crippen molar-refractivity contribution in [3.8, 4) is 0 Å². The number of rotatable bonds is 3. The number of nitrogens with one attached hydrogen (secondary N) is 1. The van der Waals surface area contributed by atoms with Gasteiger partial charge in [-0.15, -0.1) is 11.8 Å². The average Bonchev–Trinajstić information content (AvgIpc) is 3.01. The zero-order valence-corrected chi connectivity index (χ0v) is 11.5. The number of hydrogen-bond acceptors (Lipinski definition) is 2. The van der Waals surface area contributed by atoms with Crippen molar-refractivity contribution in [3.63, 3.8) is 0 Å². The first-order valence-electron chi connectivity index (χ1n) is 6.72. The van der Waals surface area contributed by atoms with Crippen LogP contribution in [0.5, 0.6) is 0 Å². The summed E-state index contributed by atoms with van der Waals surface area (Å²) < 4.78 is 0. The minimum Gasteiger partial charge on any atom is -0.349 e. The van der Waals surface area contributed by atoms with E-state index in [0.717, 1.165) is 22.3 Å². The summed E-state index contributed by atoms with van der Waals surface area (Å²) in [7, 11) is 0. The molecule has 2 fully saturated rings. The quantitative estimate of drug-likeness (QED) is 0.846. The lowest BCUT2D eigenvalue weighted by Gasteiger charge is -2.23. The van der Waals surface area contributed by atoms with Crippen molar-refractivity contribution in [2.24, 2.45) is 11.8 Å². The van der Waals surface area contributed by atoms with Crippen molar-refractivity contribution >= 4 is 17.7 Å². The van der Waals surface area contributed by atoms with Crippen LogP contribution in [-0.2, 0) is 0 Å². The van der Waals surface area contributed by atoms with Gasteiger partial charge in [0, 0.05) is 10.9 Å². The van der Waals surface area contributed by atoms with Crippen molar-refractivity contribution in [2.75, 3.05) is 6.26 Å². The van der Waals surface area contributed by atoms with Crippen LogP contribution >= 0.6 is 11.8 Å². The molecule has 2 nitrogen and oxygen atoms in total. The molecule has 0 radical (unpaired) electrons. The van der Waals surface area contributed by atoms with Crippen LogP contribution < -0.4 is 5.32 Å². The van der Waals surface area contributed by atoms with E-state index in [1.807, 2.05) is 30.5 Å². The number of benzene rings is 1. The molecular formula is C15H19NOS. The van der Waals surface area contributed by atoms with Gasteiger partial charge >= 0.3 is 0 Å². The molecular weight excluding hydrogens is 242 g/mol. The maximum atomic E-state index is 12.3. The smallest absolute Gasteiger partial charge is 0.252 e. The van der Waals surface area contributed by atoms with Gasteiger partial charge in [0.25, 0.3) is 5.91 Å². The molecule has 3 atom stereocenters. The highest BCUT2D eigenvalue weighted by Crippen LogP contribution is 2.44. The monoisotopic (exact) mass is 261 g/mol. The third-order valence-corrected chi connectivity index (χ3v) is 5.20. The van der Waals surface area contributed by atoms with E-state index in [1.165, 1.54) is 25.7 Å². The molecule has 0 heterocycles. The third-order valence-electron chi connectivity index (χ3n) is 4.41. The van der Waals surface area contributed by atoms with E-state index in [-0.39, 0.29) is 5.91 Å². The van der Waals surface area contributed by atoms with Gasteiger partial charge in [-0.05, 0) is 49.5 Å². The number of thioether (sulfide) groups is 1. The van der Waals surface area contributed by atoms with Crippen LogP contribution in [-0.4, -0.2) is 18.2 Å². The van der Waals surface area contributed by atoms with Gasteiger partial charge in [0.15, 0.2) is 0 Å². The lowest BCUT2D eigenvalue weighted by Crippen LogP contribution is -2.38. The van der Waals surface area contributed by atoms with E-state index < -0.39 is 0 Å². The first-order valence-corrected chi connectivity index (χ1v) is 7.94. The van der Waals surface area contributed by atoms with Crippen molar-refractivity contribution in [2.45, 2.75) is 36.6 Å². The molecule has 0 spiro atoms. The summed E-state index contributed by atoms with van der Waals surface area (Å²) in [5.41, 5.74) is 0.827. The molecule has 1 amide bonds. The SMILES string of the molecule is CSc1ccccc1C(=O)N[C@H]1C[C@@H]2CC[C@@H]1C2. The molecule has 0 unspecified atom stereocenters. The van der Waals surface area contributed by atoms with Gasteiger partial charge in [-0.25, -0.2) is 0 Å². The number of carbonyl (C=O) groups excluding carboxylic acids is 1. The normalized spacial score (nSPS) is 29.5. The zero-order valence-electron chi connectivity index (χ0n) is 10.7. The van der Waals surface area contributed by atoms with Gasteiger partial charge in [-0.2, -0.15) is 0 Å². The van der Waals surface area contributed by atoms with Crippen LogP contribution in [0.4, 0.5) is 0 Å². The van der Waals surface area contributed by atoms with Crippen LogP contribution in [0, 0.1) is 11.8 Å². The van der Waals surface area contributed by atoms with E-state index in [4.69, 9.17) is 0 Å². The molecule has 18 heavy (non-hydrogen) atoms. The summed E-state index contributed by atoms with van der Waals surface area (Å²) in [5, 5.41) is 3.25. The summed E-state index contributed by atoms with van der Waals surface area (Å²) in [6, 6.07) is 8.29. The molecule has 1 aromatic carbocycles. The fourth-order valence-electron chi connectivity index (χ4n) is 3.50. The molecule has 2 bridgehead atoms. The molecule has 0 aromatic heterocycles. The largest absolute Gasteiger partial charge is 0.349 e. The molecule has 3 rings (SSSR count). The van der Waals surface area contributed by atoms with Crippen molar-refractivity contribution in [3.05, 3.63) is 29.8 Å². The standard InChI is InChI=1S/C15H19NOS/c1-18-14-5-3-2-4-12(14)15(17)16-13-9-10-6-7-11(13)8-10/h2-5,10-11,13H,6-9H2,1H3,(H,16,17)/t10-,11-,13+/m1/s1. The van der Waals surface area contributed by atoms with Gasteiger partial charge in [0.1, 0.15) is 0 Å². The van der Waals surface area contributed by atoms with Crippen molar-refractivity contribution in [1.29, 1.82) is 0 Å². The average molecular weight is 261 g/mol. The first kappa shape index (κ1) is 12.1. The Kier molecular flexibility index (Phi) is 3.33. The zero-order chi connectivity index (χ0) is 12.5. The number of amides is 1. The predicted octanol–water partition coefficient (Wildman–Crippen LogP) is 3.33.